The fourth-order valence-corrected chi connectivity index (χ4v) is 2.75. The highest BCUT2D eigenvalue weighted by atomic mass is 35.5. The standard InChI is InChI=1S/C13H17ClF2N2O/c1-8(2)12-17-10(14)5-11(19)18(12)7-9-3-4-13(15,16)6-9/h5,8-9H,3-4,6-7H2,1-2H3. The Labute approximate surface area is 115 Å². The number of hydrogen-bond acceptors (Lipinski definition) is 2. The molecule has 0 amide bonds. The van der Waals surface area contributed by atoms with Gasteiger partial charge in [-0.15, -0.1) is 0 Å². The smallest absolute Gasteiger partial charge is 0.254 e. The van der Waals surface area contributed by atoms with Gasteiger partial charge in [0.15, 0.2) is 0 Å². The van der Waals surface area contributed by atoms with Crippen LogP contribution in [0.3, 0.4) is 0 Å². The molecule has 1 heterocycles. The molecule has 1 aromatic rings. The van der Waals surface area contributed by atoms with E-state index in [-0.39, 0.29) is 35.4 Å². The van der Waals surface area contributed by atoms with E-state index in [4.69, 9.17) is 11.6 Å². The average molecular weight is 291 g/mol. The van der Waals surface area contributed by atoms with Crippen LogP contribution in [0.2, 0.25) is 5.15 Å². The third-order valence-corrected chi connectivity index (χ3v) is 3.66. The van der Waals surface area contributed by atoms with Crippen molar-refractivity contribution in [3.8, 4) is 0 Å². The van der Waals surface area contributed by atoms with Crippen LogP contribution in [0.4, 0.5) is 8.78 Å². The second-order valence-corrected chi connectivity index (χ2v) is 5.89. The van der Waals surface area contributed by atoms with Gasteiger partial charge in [-0.3, -0.25) is 9.36 Å². The molecule has 0 spiro atoms. The highest BCUT2D eigenvalue weighted by Gasteiger charge is 2.39. The lowest BCUT2D eigenvalue weighted by molar-refractivity contribution is 0.00426. The molecule has 6 heteroatoms. The first-order valence-electron chi connectivity index (χ1n) is 6.43. The molecule has 0 aromatic carbocycles. The molecule has 0 aliphatic heterocycles. The predicted molar refractivity (Wildman–Crippen MR) is 69.9 cm³/mol. The van der Waals surface area contributed by atoms with Crippen molar-refractivity contribution in [1.29, 1.82) is 0 Å². The number of aromatic nitrogens is 2. The van der Waals surface area contributed by atoms with Crippen LogP contribution in [0.15, 0.2) is 10.9 Å². The van der Waals surface area contributed by atoms with Crippen molar-refractivity contribution in [1.82, 2.24) is 9.55 Å². The van der Waals surface area contributed by atoms with Crippen LogP contribution in [-0.2, 0) is 6.54 Å². The molecule has 2 rings (SSSR count). The Hall–Kier alpha value is -0.970. The van der Waals surface area contributed by atoms with Crippen LogP contribution < -0.4 is 5.56 Å². The van der Waals surface area contributed by atoms with Crippen LogP contribution in [0.5, 0.6) is 0 Å². The highest BCUT2D eigenvalue weighted by Crippen LogP contribution is 2.39. The molecule has 1 aliphatic carbocycles. The van der Waals surface area contributed by atoms with E-state index < -0.39 is 5.92 Å². The summed E-state index contributed by atoms with van der Waals surface area (Å²) in [6.07, 6.45) is 0.198. The van der Waals surface area contributed by atoms with Gasteiger partial charge in [-0.25, -0.2) is 13.8 Å². The van der Waals surface area contributed by atoms with Gasteiger partial charge in [-0.1, -0.05) is 25.4 Å². The van der Waals surface area contributed by atoms with Crippen molar-refractivity contribution in [3.63, 3.8) is 0 Å². The largest absolute Gasteiger partial charge is 0.296 e. The summed E-state index contributed by atoms with van der Waals surface area (Å²) in [6, 6.07) is 1.24. The minimum absolute atomic E-state index is 0.0216. The monoisotopic (exact) mass is 290 g/mol. The average Bonchev–Trinajstić information content (AvgIpc) is 2.61. The Morgan fingerprint density at radius 2 is 2.26 bits per heavy atom. The van der Waals surface area contributed by atoms with Gasteiger partial charge < -0.3 is 0 Å². The molecule has 19 heavy (non-hydrogen) atoms. The maximum Gasteiger partial charge on any atom is 0.254 e. The second kappa shape index (κ2) is 5.19. The third-order valence-electron chi connectivity index (χ3n) is 3.47. The molecular weight excluding hydrogens is 274 g/mol. The summed E-state index contributed by atoms with van der Waals surface area (Å²) >= 11 is 5.78. The molecule has 1 atom stereocenters. The molecule has 1 unspecified atom stereocenters. The zero-order chi connectivity index (χ0) is 14.2. The number of nitrogens with zero attached hydrogens (tertiary/aromatic N) is 2. The van der Waals surface area contributed by atoms with Crippen LogP contribution in [0.25, 0.3) is 0 Å². The van der Waals surface area contributed by atoms with Gasteiger partial charge in [-0.2, -0.15) is 0 Å². The number of alkyl halides is 2. The van der Waals surface area contributed by atoms with Crippen LogP contribution >= 0.6 is 11.6 Å². The van der Waals surface area contributed by atoms with E-state index in [0.29, 0.717) is 18.8 Å². The summed E-state index contributed by atoms with van der Waals surface area (Å²) in [7, 11) is 0. The first-order chi connectivity index (χ1) is 8.78. The quantitative estimate of drug-likeness (QED) is 0.799. The lowest BCUT2D eigenvalue weighted by Crippen LogP contribution is -2.28. The summed E-state index contributed by atoms with van der Waals surface area (Å²) in [5.74, 6) is -2.18. The van der Waals surface area contributed by atoms with Crippen LogP contribution in [0.1, 0.15) is 44.9 Å². The maximum atomic E-state index is 13.2. The minimum atomic E-state index is -2.59. The molecule has 106 valence electrons. The van der Waals surface area contributed by atoms with Gasteiger partial charge in [0.05, 0.1) is 0 Å². The molecule has 0 N–H and O–H groups in total. The van der Waals surface area contributed by atoms with E-state index in [1.54, 1.807) is 0 Å². The second-order valence-electron chi connectivity index (χ2n) is 5.51. The molecule has 0 bridgehead atoms. The van der Waals surface area contributed by atoms with Gasteiger partial charge in [0.1, 0.15) is 11.0 Å². The zero-order valence-corrected chi connectivity index (χ0v) is 11.8. The van der Waals surface area contributed by atoms with E-state index in [9.17, 15) is 13.6 Å². The van der Waals surface area contributed by atoms with E-state index in [1.165, 1.54) is 10.6 Å². The summed E-state index contributed by atoms with van der Waals surface area (Å²) in [6.45, 7) is 4.10. The number of hydrogen-bond donors (Lipinski definition) is 0. The van der Waals surface area contributed by atoms with Crippen molar-refractivity contribution in [2.45, 2.75) is 51.5 Å². The molecule has 1 fully saturated rings. The Morgan fingerprint density at radius 1 is 1.58 bits per heavy atom. The fourth-order valence-electron chi connectivity index (χ4n) is 2.57. The normalized spacial score (nSPS) is 22.1. The molecule has 1 aromatic heterocycles. The molecule has 1 aliphatic rings. The predicted octanol–water partition coefficient (Wildman–Crippen LogP) is 3.46. The molecule has 1 saturated carbocycles. The van der Waals surface area contributed by atoms with E-state index in [1.807, 2.05) is 13.8 Å². The molecule has 3 nitrogen and oxygen atoms in total. The number of rotatable bonds is 3. The number of halogens is 3. The van der Waals surface area contributed by atoms with E-state index in [2.05, 4.69) is 4.98 Å². The molecule has 0 radical (unpaired) electrons. The fraction of sp³-hybridized carbons (Fsp3) is 0.692. The van der Waals surface area contributed by atoms with Crippen molar-refractivity contribution < 1.29 is 8.78 Å². The Bertz CT molecular complexity index is 528. The van der Waals surface area contributed by atoms with Crippen molar-refractivity contribution in [3.05, 3.63) is 27.4 Å². The summed E-state index contributed by atoms with van der Waals surface area (Å²) in [4.78, 5) is 16.1. The van der Waals surface area contributed by atoms with Crippen molar-refractivity contribution >= 4 is 11.6 Å². The topological polar surface area (TPSA) is 34.9 Å². The summed E-state index contributed by atoms with van der Waals surface area (Å²) in [5.41, 5.74) is -0.265. The van der Waals surface area contributed by atoms with E-state index >= 15 is 0 Å². The van der Waals surface area contributed by atoms with Crippen molar-refractivity contribution in [2.24, 2.45) is 5.92 Å². The Balaban J connectivity index is 2.28. The van der Waals surface area contributed by atoms with Crippen LogP contribution in [-0.4, -0.2) is 15.5 Å². The minimum Gasteiger partial charge on any atom is -0.296 e. The van der Waals surface area contributed by atoms with E-state index in [0.717, 1.165) is 0 Å². The van der Waals surface area contributed by atoms with Crippen molar-refractivity contribution in [2.75, 3.05) is 0 Å². The van der Waals surface area contributed by atoms with Gasteiger partial charge in [0.2, 0.25) is 5.92 Å². The van der Waals surface area contributed by atoms with Gasteiger partial charge in [0.25, 0.3) is 5.56 Å². The van der Waals surface area contributed by atoms with Gasteiger partial charge in [-0.05, 0) is 12.3 Å². The van der Waals surface area contributed by atoms with Gasteiger partial charge >= 0.3 is 0 Å². The molecular formula is C13H17ClF2N2O. The zero-order valence-electron chi connectivity index (χ0n) is 11.0. The lowest BCUT2D eigenvalue weighted by atomic mass is 10.1. The molecule has 0 saturated heterocycles. The summed E-state index contributed by atoms with van der Waals surface area (Å²) < 4.78 is 27.9. The van der Waals surface area contributed by atoms with Crippen LogP contribution in [0, 0.1) is 5.92 Å². The highest BCUT2D eigenvalue weighted by molar-refractivity contribution is 6.29. The Kier molecular flexibility index (Phi) is 3.95. The first-order valence-corrected chi connectivity index (χ1v) is 6.81. The summed E-state index contributed by atoms with van der Waals surface area (Å²) in [5, 5.41) is 0.154. The third kappa shape index (κ3) is 3.32. The van der Waals surface area contributed by atoms with Gasteiger partial charge in [0, 0.05) is 31.4 Å². The Morgan fingerprint density at radius 3 is 2.79 bits per heavy atom. The lowest BCUT2D eigenvalue weighted by Gasteiger charge is -2.18. The first kappa shape index (κ1) is 14.4. The maximum absolute atomic E-state index is 13.2. The SMILES string of the molecule is CC(C)c1nc(Cl)cc(=O)n1CC1CCC(F)(F)C1.